The van der Waals surface area contributed by atoms with E-state index in [0.29, 0.717) is 38.6 Å². The molecular weight excluding hydrogens is 546 g/mol. The topological polar surface area (TPSA) is 53.1 Å². The Labute approximate surface area is 265 Å². The summed E-state index contributed by atoms with van der Waals surface area (Å²) in [5.74, 6) is 1.71. The summed E-state index contributed by atoms with van der Waals surface area (Å²) in [6.07, 6.45) is 3.13. The molecular formula is C38H51N3O3. The summed E-state index contributed by atoms with van der Waals surface area (Å²) >= 11 is 0. The Bertz CT molecular complexity index is 1400. The molecule has 0 spiro atoms. The zero-order chi connectivity index (χ0) is 31.6. The molecule has 44 heavy (non-hydrogen) atoms. The van der Waals surface area contributed by atoms with E-state index in [4.69, 9.17) is 4.74 Å². The quantitative estimate of drug-likeness (QED) is 0.254. The molecule has 1 aliphatic rings. The number of carbonyl (C=O) groups is 2. The third-order valence-corrected chi connectivity index (χ3v) is 8.11. The van der Waals surface area contributed by atoms with Crippen molar-refractivity contribution < 1.29 is 14.3 Å². The second-order valence-electron chi connectivity index (χ2n) is 13.0. The molecule has 0 fully saturated rings. The van der Waals surface area contributed by atoms with Gasteiger partial charge in [0.2, 0.25) is 5.91 Å². The molecule has 0 bridgehead atoms. The zero-order valence-corrected chi connectivity index (χ0v) is 27.6. The third-order valence-electron chi connectivity index (χ3n) is 8.11. The lowest BCUT2D eigenvalue weighted by molar-refractivity contribution is -0.119. The summed E-state index contributed by atoms with van der Waals surface area (Å²) in [6, 6.07) is 22.5. The van der Waals surface area contributed by atoms with Gasteiger partial charge in [-0.15, -0.1) is 0 Å². The normalized spacial score (nSPS) is 14.8. The van der Waals surface area contributed by atoms with Crippen LogP contribution < -0.4 is 9.64 Å². The lowest BCUT2D eigenvalue weighted by Crippen LogP contribution is -2.37. The number of amides is 2. The van der Waals surface area contributed by atoms with Gasteiger partial charge in [-0.3, -0.25) is 9.59 Å². The van der Waals surface area contributed by atoms with Gasteiger partial charge in [0.25, 0.3) is 5.91 Å². The van der Waals surface area contributed by atoms with Gasteiger partial charge in [0.15, 0.2) is 0 Å². The van der Waals surface area contributed by atoms with E-state index in [1.165, 1.54) is 0 Å². The van der Waals surface area contributed by atoms with Crippen LogP contribution in [0.15, 0.2) is 66.7 Å². The predicted molar refractivity (Wildman–Crippen MR) is 181 cm³/mol. The van der Waals surface area contributed by atoms with E-state index in [0.717, 1.165) is 71.6 Å². The van der Waals surface area contributed by atoms with Crippen LogP contribution in [0.4, 0.5) is 5.69 Å². The van der Waals surface area contributed by atoms with Gasteiger partial charge in [0.1, 0.15) is 5.75 Å². The lowest BCUT2D eigenvalue weighted by Gasteiger charge is -2.29. The molecule has 6 heteroatoms. The number of anilines is 1. The first-order chi connectivity index (χ1) is 21.2. The van der Waals surface area contributed by atoms with E-state index in [2.05, 4.69) is 70.8 Å². The molecule has 1 aliphatic heterocycles. The van der Waals surface area contributed by atoms with Crippen molar-refractivity contribution in [2.75, 3.05) is 44.7 Å². The summed E-state index contributed by atoms with van der Waals surface area (Å²) in [4.78, 5) is 34.1. The molecule has 3 aromatic carbocycles. The van der Waals surface area contributed by atoms with Crippen LogP contribution in [0.1, 0.15) is 75.4 Å². The molecule has 0 N–H and O–H groups in total. The highest BCUT2D eigenvalue weighted by Crippen LogP contribution is 2.33. The molecule has 1 heterocycles. The monoisotopic (exact) mass is 597 g/mol. The van der Waals surface area contributed by atoms with E-state index in [9.17, 15) is 9.59 Å². The summed E-state index contributed by atoms with van der Waals surface area (Å²) in [6.45, 7) is 14.7. The lowest BCUT2D eigenvalue weighted by atomic mass is 9.92. The van der Waals surface area contributed by atoms with Crippen molar-refractivity contribution in [1.29, 1.82) is 0 Å². The van der Waals surface area contributed by atoms with Gasteiger partial charge in [-0.1, -0.05) is 83.1 Å². The third kappa shape index (κ3) is 8.72. The molecule has 2 amide bonds. The van der Waals surface area contributed by atoms with Gasteiger partial charge < -0.3 is 19.4 Å². The Kier molecular flexibility index (Phi) is 12.0. The van der Waals surface area contributed by atoms with Crippen LogP contribution in [0.5, 0.6) is 5.75 Å². The van der Waals surface area contributed by atoms with Crippen LogP contribution >= 0.6 is 0 Å². The minimum Gasteiger partial charge on any atom is -0.493 e. The maximum absolute atomic E-state index is 14.5. The van der Waals surface area contributed by atoms with Gasteiger partial charge >= 0.3 is 0 Å². The minimum absolute atomic E-state index is 0.0326. The summed E-state index contributed by atoms with van der Waals surface area (Å²) in [5.41, 5.74) is 5.83. The number of hydrogen-bond donors (Lipinski definition) is 0. The van der Waals surface area contributed by atoms with Crippen molar-refractivity contribution in [3.63, 3.8) is 0 Å². The largest absolute Gasteiger partial charge is 0.493 e. The number of nitrogens with zero attached hydrogens (tertiary/aromatic N) is 3. The molecule has 0 saturated heterocycles. The molecule has 0 aliphatic carbocycles. The molecule has 3 aromatic rings. The highest BCUT2D eigenvalue weighted by molar-refractivity contribution is 5.97. The fourth-order valence-electron chi connectivity index (χ4n) is 5.90. The van der Waals surface area contributed by atoms with E-state index in [-0.39, 0.29) is 17.7 Å². The predicted octanol–water partition coefficient (Wildman–Crippen LogP) is 7.70. The second kappa shape index (κ2) is 15.9. The number of para-hydroxylation sites is 2. The van der Waals surface area contributed by atoms with E-state index in [1.54, 1.807) is 0 Å². The number of ether oxygens (including phenoxy) is 1. The van der Waals surface area contributed by atoms with Crippen LogP contribution in [0, 0.1) is 11.8 Å². The zero-order valence-electron chi connectivity index (χ0n) is 27.6. The molecule has 0 unspecified atom stereocenters. The molecule has 0 atom stereocenters. The van der Waals surface area contributed by atoms with Crippen LogP contribution in [0.25, 0.3) is 11.1 Å². The maximum Gasteiger partial charge on any atom is 0.254 e. The first-order valence-electron chi connectivity index (χ1n) is 16.4. The van der Waals surface area contributed by atoms with Crippen molar-refractivity contribution >= 4 is 17.5 Å². The highest BCUT2D eigenvalue weighted by atomic mass is 16.5. The number of benzene rings is 3. The van der Waals surface area contributed by atoms with Crippen LogP contribution in [-0.4, -0.2) is 61.4 Å². The summed E-state index contributed by atoms with van der Waals surface area (Å²) < 4.78 is 6.07. The smallest absolute Gasteiger partial charge is 0.254 e. The van der Waals surface area contributed by atoms with Gasteiger partial charge in [-0.2, -0.15) is 0 Å². The van der Waals surface area contributed by atoms with Crippen molar-refractivity contribution in [2.24, 2.45) is 11.8 Å². The number of likely N-dealkylation sites (N-methyl/N-ethyl adjacent to an activating group) is 1. The Morgan fingerprint density at radius 1 is 0.864 bits per heavy atom. The average Bonchev–Trinajstić information content (AvgIpc) is 3.02. The SMILES string of the molecule is CCCOc1ccccc1-c1ccc(C(=O)N2CCN(C)CCCN(C(=O)CC(C)C)c3ccccc3C2)c(CC(C)C)c1. The van der Waals surface area contributed by atoms with Crippen molar-refractivity contribution in [3.8, 4) is 16.9 Å². The summed E-state index contributed by atoms with van der Waals surface area (Å²) in [7, 11) is 2.10. The van der Waals surface area contributed by atoms with E-state index < -0.39 is 0 Å². The Balaban J connectivity index is 1.73. The maximum atomic E-state index is 14.5. The number of hydrogen-bond acceptors (Lipinski definition) is 4. The highest BCUT2D eigenvalue weighted by Gasteiger charge is 2.25. The van der Waals surface area contributed by atoms with Crippen LogP contribution in [-0.2, 0) is 17.8 Å². The molecule has 0 aromatic heterocycles. The minimum atomic E-state index is 0.0326. The van der Waals surface area contributed by atoms with Crippen LogP contribution in [0.3, 0.4) is 0 Å². The Hall–Kier alpha value is -3.64. The van der Waals surface area contributed by atoms with Crippen molar-refractivity contribution in [3.05, 3.63) is 83.4 Å². The molecule has 236 valence electrons. The number of rotatable bonds is 9. The van der Waals surface area contributed by atoms with E-state index >= 15 is 0 Å². The Morgan fingerprint density at radius 3 is 2.36 bits per heavy atom. The summed E-state index contributed by atoms with van der Waals surface area (Å²) in [5, 5.41) is 0. The molecule has 0 saturated carbocycles. The van der Waals surface area contributed by atoms with Gasteiger partial charge in [0, 0.05) is 49.4 Å². The standard InChI is InChI=1S/C38H51N3O3/c1-7-23-44-36-16-11-9-14-33(36)30-17-18-34(32(26-30)24-28(2)3)38(43)40-22-21-39(6)19-12-20-41(37(42)25-29(4)5)35-15-10-8-13-31(35)27-40/h8-11,13-18,26,28-29H,7,12,19-25,27H2,1-6H3. The van der Waals surface area contributed by atoms with E-state index in [1.807, 2.05) is 52.3 Å². The molecule has 0 radical (unpaired) electrons. The average molecular weight is 598 g/mol. The van der Waals surface area contributed by atoms with Crippen LogP contribution in [0.2, 0.25) is 0 Å². The second-order valence-corrected chi connectivity index (χ2v) is 13.0. The van der Waals surface area contributed by atoms with Gasteiger partial charge in [0.05, 0.1) is 6.61 Å². The fourth-order valence-corrected chi connectivity index (χ4v) is 5.90. The van der Waals surface area contributed by atoms with Crippen molar-refractivity contribution in [1.82, 2.24) is 9.80 Å². The first kappa shape index (κ1) is 33.3. The molecule has 4 rings (SSSR count). The molecule has 6 nitrogen and oxygen atoms in total. The fraction of sp³-hybridized carbons (Fsp3) is 0.474. The van der Waals surface area contributed by atoms with Gasteiger partial charge in [-0.05, 0) is 79.6 Å². The van der Waals surface area contributed by atoms with Crippen molar-refractivity contribution in [2.45, 2.75) is 66.8 Å². The Morgan fingerprint density at radius 2 is 1.61 bits per heavy atom. The first-order valence-corrected chi connectivity index (χ1v) is 16.4. The number of carbonyl (C=O) groups excluding carboxylic acids is 2. The van der Waals surface area contributed by atoms with Gasteiger partial charge in [-0.25, -0.2) is 0 Å². The number of fused-ring (bicyclic) bond motifs is 1.